The van der Waals surface area contributed by atoms with E-state index in [0.717, 1.165) is 37.8 Å². The second kappa shape index (κ2) is 11.6. The molecule has 0 atom stereocenters. The lowest BCUT2D eigenvalue weighted by molar-refractivity contribution is -0.130. The maximum Gasteiger partial charge on any atom is 0.374 e. The first-order chi connectivity index (χ1) is 17.4. The zero-order valence-electron chi connectivity index (χ0n) is 19.6. The molecule has 0 aliphatic carbocycles. The van der Waals surface area contributed by atoms with Gasteiger partial charge in [0.2, 0.25) is 0 Å². The minimum absolute atomic E-state index is 0.0425. The Morgan fingerprint density at radius 2 is 1.86 bits per heavy atom. The van der Waals surface area contributed by atoms with Crippen molar-refractivity contribution in [3.63, 3.8) is 0 Å². The Balaban J connectivity index is 1.42. The molecule has 0 saturated carbocycles. The number of halogens is 2. The Hall–Kier alpha value is -3.96. The maximum absolute atomic E-state index is 13.6. The molecule has 9 nitrogen and oxygen atoms in total. The van der Waals surface area contributed by atoms with Gasteiger partial charge in [-0.3, -0.25) is 9.69 Å². The smallest absolute Gasteiger partial charge is 0.374 e. The van der Waals surface area contributed by atoms with Crippen LogP contribution in [-0.4, -0.2) is 66.0 Å². The number of morpholine rings is 1. The Morgan fingerprint density at radius 3 is 2.61 bits per heavy atom. The molecular formula is C25H27F2N6O3+. The molecule has 0 unspecified atom stereocenters. The number of benzene rings is 2. The third-order valence-electron chi connectivity index (χ3n) is 5.57. The standard InChI is InChI=1S/C25H26F2N6O3/c26-20-13-19(14-21(27)15-20)22-4-5-23(34)33(31-22)16-17-2-1-3-18(12-17)24(28)36-25(29)30-6-7-32-8-10-35-11-9-32/h1-5,12-15,28H,6-11,16H2,(H2,29,30)/p+1. The quantitative estimate of drug-likeness (QED) is 0.360. The topological polar surface area (TPSA) is 121 Å². The van der Waals surface area contributed by atoms with Gasteiger partial charge >= 0.3 is 5.90 Å². The first-order valence-corrected chi connectivity index (χ1v) is 11.4. The highest BCUT2D eigenvalue weighted by Crippen LogP contribution is 2.19. The molecular weight excluding hydrogens is 470 g/mol. The van der Waals surface area contributed by atoms with Gasteiger partial charge in [-0.1, -0.05) is 12.1 Å². The zero-order valence-corrected chi connectivity index (χ0v) is 19.6. The van der Waals surface area contributed by atoms with Gasteiger partial charge in [0.25, 0.3) is 11.6 Å². The van der Waals surface area contributed by atoms with E-state index in [4.69, 9.17) is 20.6 Å². The van der Waals surface area contributed by atoms with E-state index in [-0.39, 0.29) is 35.3 Å². The number of amidine groups is 1. The van der Waals surface area contributed by atoms with Crippen molar-refractivity contribution in [2.45, 2.75) is 6.54 Å². The van der Waals surface area contributed by atoms with Gasteiger partial charge in [0, 0.05) is 37.3 Å². The first-order valence-electron chi connectivity index (χ1n) is 11.4. The third kappa shape index (κ3) is 6.80. The first kappa shape index (κ1) is 25.1. The number of hydrogen-bond acceptors (Lipinski definition) is 6. The molecule has 11 heteroatoms. The fourth-order valence-electron chi connectivity index (χ4n) is 3.74. The fourth-order valence-corrected chi connectivity index (χ4v) is 3.74. The van der Waals surface area contributed by atoms with Gasteiger partial charge in [0.05, 0.1) is 37.6 Å². The van der Waals surface area contributed by atoms with Gasteiger partial charge in [-0.25, -0.2) is 23.9 Å². The number of nitrogens with zero attached hydrogens (tertiary/aromatic N) is 4. The molecule has 0 spiro atoms. The van der Waals surface area contributed by atoms with Gasteiger partial charge in [0.1, 0.15) is 11.6 Å². The summed E-state index contributed by atoms with van der Waals surface area (Å²) in [6.45, 7) is 4.46. The minimum Gasteiger partial charge on any atom is -0.379 e. The molecule has 3 aromatic rings. The molecule has 1 saturated heterocycles. The van der Waals surface area contributed by atoms with E-state index in [0.29, 0.717) is 30.9 Å². The molecule has 2 aromatic carbocycles. The lowest BCUT2D eigenvalue weighted by atomic mass is 10.1. The SMILES string of the molecule is NC(=NCCN1CCOCC1)OC(=[NH2+])c1cccc(Cn2nc(-c3cc(F)cc(F)c3)ccc2=O)c1. The Kier molecular flexibility index (Phi) is 8.13. The minimum atomic E-state index is -0.729. The van der Waals surface area contributed by atoms with Crippen molar-refractivity contribution >= 4 is 11.9 Å². The second-order valence-corrected chi connectivity index (χ2v) is 8.21. The molecule has 0 bridgehead atoms. The number of hydrogen-bond donors (Lipinski definition) is 2. The third-order valence-corrected chi connectivity index (χ3v) is 5.57. The van der Waals surface area contributed by atoms with Crippen molar-refractivity contribution in [1.29, 1.82) is 0 Å². The van der Waals surface area contributed by atoms with Gasteiger partial charge < -0.3 is 15.2 Å². The predicted molar refractivity (Wildman–Crippen MR) is 130 cm³/mol. The van der Waals surface area contributed by atoms with Crippen LogP contribution in [0.3, 0.4) is 0 Å². The highest BCUT2D eigenvalue weighted by Gasteiger charge is 2.14. The zero-order chi connectivity index (χ0) is 25.5. The predicted octanol–water partition coefficient (Wildman–Crippen LogP) is 0.406. The van der Waals surface area contributed by atoms with Crippen molar-refractivity contribution in [2.24, 2.45) is 10.7 Å². The van der Waals surface area contributed by atoms with Crippen molar-refractivity contribution < 1.29 is 23.7 Å². The largest absolute Gasteiger partial charge is 0.379 e. The summed E-state index contributed by atoms with van der Waals surface area (Å²) in [4.78, 5) is 18.8. The Morgan fingerprint density at radius 1 is 1.11 bits per heavy atom. The van der Waals surface area contributed by atoms with Gasteiger partial charge in [-0.05, 0) is 35.9 Å². The molecule has 0 amide bonds. The summed E-state index contributed by atoms with van der Waals surface area (Å²) in [5.74, 6) is -1.40. The molecule has 1 fully saturated rings. The van der Waals surface area contributed by atoms with Crippen LogP contribution in [0.2, 0.25) is 0 Å². The van der Waals surface area contributed by atoms with Crippen LogP contribution in [0.1, 0.15) is 11.1 Å². The van der Waals surface area contributed by atoms with Crippen LogP contribution in [0.5, 0.6) is 0 Å². The molecule has 4 N–H and O–H groups in total. The van der Waals surface area contributed by atoms with E-state index in [2.05, 4.69) is 15.0 Å². The summed E-state index contributed by atoms with van der Waals surface area (Å²) >= 11 is 0. The molecule has 2 heterocycles. The average Bonchev–Trinajstić information content (AvgIpc) is 2.85. The van der Waals surface area contributed by atoms with E-state index < -0.39 is 11.6 Å². The molecule has 1 aliphatic heterocycles. The monoisotopic (exact) mass is 497 g/mol. The van der Waals surface area contributed by atoms with Gasteiger partial charge in [-0.15, -0.1) is 0 Å². The lowest BCUT2D eigenvalue weighted by Crippen LogP contribution is -2.44. The van der Waals surface area contributed by atoms with Crippen LogP contribution in [0.15, 0.2) is 64.4 Å². The highest BCUT2D eigenvalue weighted by molar-refractivity contribution is 5.97. The number of nitrogens with two attached hydrogens (primary N) is 2. The van der Waals surface area contributed by atoms with Crippen LogP contribution >= 0.6 is 0 Å². The maximum atomic E-state index is 13.6. The van der Waals surface area contributed by atoms with Gasteiger partial charge in [-0.2, -0.15) is 5.10 Å². The molecule has 1 aliphatic rings. The Labute approximate surface area is 206 Å². The highest BCUT2D eigenvalue weighted by atomic mass is 19.1. The molecule has 0 radical (unpaired) electrons. The number of rotatable bonds is 7. The summed E-state index contributed by atoms with van der Waals surface area (Å²) < 4.78 is 39.2. The van der Waals surface area contributed by atoms with E-state index in [1.807, 2.05) is 0 Å². The fraction of sp³-hybridized carbons (Fsp3) is 0.280. The number of ether oxygens (including phenoxy) is 2. The van der Waals surface area contributed by atoms with Crippen LogP contribution in [-0.2, 0) is 16.0 Å². The van der Waals surface area contributed by atoms with Crippen LogP contribution < -0.4 is 16.7 Å². The van der Waals surface area contributed by atoms with Crippen molar-refractivity contribution in [2.75, 3.05) is 39.4 Å². The van der Waals surface area contributed by atoms with E-state index in [9.17, 15) is 13.6 Å². The van der Waals surface area contributed by atoms with Crippen molar-refractivity contribution in [1.82, 2.24) is 14.7 Å². The van der Waals surface area contributed by atoms with Crippen LogP contribution in [0.4, 0.5) is 8.78 Å². The second-order valence-electron chi connectivity index (χ2n) is 8.21. The molecule has 4 rings (SSSR count). The summed E-state index contributed by atoms with van der Waals surface area (Å²) in [7, 11) is 0. The summed E-state index contributed by atoms with van der Waals surface area (Å²) in [6.07, 6.45) is 0. The van der Waals surface area contributed by atoms with Crippen LogP contribution in [0, 0.1) is 11.6 Å². The van der Waals surface area contributed by atoms with E-state index in [1.54, 1.807) is 24.3 Å². The van der Waals surface area contributed by atoms with Crippen LogP contribution in [0.25, 0.3) is 11.3 Å². The summed E-state index contributed by atoms with van der Waals surface area (Å²) in [6, 6.07) is 12.8. The summed E-state index contributed by atoms with van der Waals surface area (Å²) in [5, 5.41) is 10.3. The molecule has 188 valence electrons. The summed E-state index contributed by atoms with van der Waals surface area (Å²) in [5.41, 5.74) is 7.26. The van der Waals surface area contributed by atoms with Gasteiger partial charge in [0.15, 0.2) is 0 Å². The lowest BCUT2D eigenvalue weighted by Gasteiger charge is -2.25. The van der Waals surface area contributed by atoms with Crippen molar-refractivity contribution in [3.8, 4) is 11.3 Å². The molecule has 1 aromatic heterocycles. The molecule has 36 heavy (non-hydrogen) atoms. The number of aliphatic imine (C=N–C) groups is 1. The van der Waals surface area contributed by atoms with Crippen molar-refractivity contribution in [3.05, 3.63) is 87.7 Å². The average molecular weight is 498 g/mol. The normalized spacial score (nSPS) is 14.6. The van der Waals surface area contributed by atoms with E-state index >= 15 is 0 Å². The Bertz CT molecular complexity index is 1300. The van der Waals surface area contributed by atoms with E-state index in [1.165, 1.54) is 16.8 Å². The number of aromatic nitrogens is 2.